The third kappa shape index (κ3) is 7.18. The highest BCUT2D eigenvalue weighted by atomic mass is 31.1. The topological polar surface area (TPSA) is 0 Å². The number of unbranched alkanes of at least 4 members (excludes halogenated alkanes) is 1. The molecule has 0 spiro atoms. The summed E-state index contributed by atoms with van der Waals surface area (Å²) in [7, 11) is 0.614. The van der Waals surface area contributed by atoms with Crippen LogP contribution in [0.1, 0.15) is 135 Å². The van der Waals surface area contributed by atoms with Gasteiger partial charge in [-0.25, -0.2) is 0 Å². The van der Waals surface area contributed by atoms with E-state index in [4.69, 9.17) is 0 Å². The maximum absolute atomic E-state index is 2.87. The zero-order valence-electron chi connectivity index (χ0n) is 20.0. The summed E-state index contributed by atoms with van der Waals surface area (Å²) in [4.78, 5) is 0. The van der Waals surface area contributed by atoms with Gasteiger partial charge in [-0.1, -0.05) is 77.0 Å². The molecule has 0 amide bonds. The monoisotopic (exact) mass is 449 g/mol. The van der Waals surface area contributed by atoms with Crippen LogP contribution in [0.3, 0.4) is 0 Å². The van der Waals surface area contributed by atoms with Gasteiger partial charge in [-0.05, 0) is 99.2 Å². The van der Waals surface area contributed by atoms with Crippen molar-refractivity contribution < 1.29 is 0 Å². The summed E-state index contributed by atoms with van der Waals surface area (Å²) < 4.78 is 0. The van der Waals surface area contributed by atoms with Gasteiger partial charge in [-0.2, -0.15) is 0 Å². The number of hydrogen-bond acceptors (Lipinski definition) is 0. The molecular weight excluding hydrogens is 398 g/mol. The summed E-state index contributed by atoms with van der Waals surface area (Å²) in [5.74, 6) is 0. The summed E-state index contributed by atoms with van der Waals surface area (Å²) in [6.07, 6.45) is 38.8. The van der Waals surface area contributed by atoms with Crippen molar-refractivity contribution in [2.24, 2.45) is 0 Å². The number of rotatable bonds is 9. The molecular formula is C28H51P2. The van der Waals surface area contributed by atoms with E-state index in [1.54, 1.807) is 115 Å². The van der Waals surface area contributed by atoms with E-state index in [9.17, 15) is 0 Å². The van der Waals surface area contributed by atoms with Crippen LogP contribution in [0, 0.1) is 6.42 Å². The molecule has 0 aliphatic heterocycles. The minimum absolute atomic E-state index is 0.295. The van der Waals surface area contributed by atoms with E-state index < -0.39 is 0 Å². The maximum atomic E-state index is 2.87. The molecule has 4 aliphatic rings. The Morgan fingerprint density at radius 3 is 1.13 bits per heavy atom. The third-order valence-electron chi connectivity index (χ3n) is 9.11. The van der Waals surface area contributed by atoms with Crippen LogP contribution in [0.15, 0.2) is 0 Å². The Balaban J connectivity index is 1.28. The van der Waals surface area contributed by atoms with E-state index in [1.165, 1.54) is 32.1 Å². The first-order valence-electron chi connectivity index (χ1n) is 14.2. The zero-order valence-corrected chi connectivity index (χ0v) is 21.8. The van der Waals surface area contributed by atoms with Gasteiger partial charge in [0.05, 0.1) is 0 Å². The van der Waals surface area contributed by atoms with Crippen molar-refractivity contribution in [1.29, 1.82) is 0 Å². The van der Waals surface area contributed by atoms with Crippen molar-refractivity contribution in [3.63, 3.8) is 0 Å². The lowest BCUT2D eigenvalue weighted by atomic mass is 9.99. The van der Waals surface area contributed by atoms with Gasteiger partial charge in [0.25, 0.3) is 0 Å². The second-order valence-electron chi connectivity index (χ2n) is 11.2. The van der Waals surface area contributed by atoms with Crippen LogP contribution in [0.5, 0.6) is 0 Å². The van der Waals surface area contributed by atoms with E-state index in [0.29, 0.717) is 15.8 Å². The Hall–Kier alpha value is 0.860. The molecule has 30 heavy (non-hydrogen) atoms. The highest BCUT2D eigenvalue weighted by molar-refractivity contribution is 7.59. The fourth-order valence-corrected chi connectivity index (χ4v) is 15.0. The lowest BCUT2D eigenvalue weighted by Crippen LogP contribution is -2.23. The molecule has 0 unspecified atom stereocenters. The van der Waals surface area contributed by atoms with Gasteiger partial charge in [0.2, 0.25) is 0 Å². The van der Waals surface area contributed by atoms with Crippen LogP contribution in [0.2, 0.25) is 0 Å². The fraction of sp³-hybridized carbons (Fsp3) is 0.964. The average molecular weight is 450 g/mol. The van der Waals surface area contributed by atoms with Gasteiger partial charge < -0.3 is 0 Å². The van der Waals surface area contributed by atoms with E-state index in [1.807, 2.05) is 0 Å². The average Bonchev–Trinajstić information content (AvgIpc) is 2.84. The molecule has 4 aliphatic carbocycles. The molecule has 173 valence electrons. The molecule has 0 atom stereocenters. The normalized spacial score (nSPS) is 26.6. The largest absolute Gasteiger partial charge is 0.100 e. The van der Waals surface area contributed by atoms with Gasteiger partial charge >= 0.3 is 0 Å². The summed E-state index contributed by atoms with van der Waals surface area (Å²) in [6.45, 7) is 0. The summed E-state index contributed by atoms with van der Waals surface area (Å²) in [5.41, 5.74) is 4.60. The minimum Gasteiger partial charge on any atom is -0.100 e. The van der Waals surface area contributed by atoms with Crippen molar-refractivity contribution in [3.8, 4) is 0 Å². The Morgan fingerprint density at radius 1 is 0.433 bits per heavy atom. The molecule has 0 aromatic rings. The Kier molecular flexibility index (Phi) is 10.8. The highest BCUT2D eigenvalue weighted by Crippen LogP contribution is 2.58. The zero-order chi connectivity index (χ0) is 20.4. The predicted molar refractivity (Wildman–Crippen MR) is 140 cm³/mol. The van der Waals surface area contributed by atoms with Crippen LogP contribution < -0.4 is 0 Å². The molecule has 4 fully saturated rings. The standard InChI is InChI=1S/C28H51P2/c1-5-15-25(16-6-1)29(26-17-7-2-8-18-26)23-13-14-24-30(27-19-9-3-10-20-27)28-21-11-4-12-22-28/h13,25-28H,1-12,14-24H2. The second kappa shape index (κ2) is 13.5. The Bertz CT molecular complexity index is 362. The van der Waals surface area contributed by atoms with Crippen LogP contribution in [0.4, 0.5) is 0 Å². The van der Waals surface area contributed by atoms with Crippen LogP contribution in [-0.4, -0.2) is 35.0 Å². The van der Waals surface area contributed by atoms with Gasteiger partial charge in [0.1, 0.15) is 0 Å². The quantitative estimate of drug-likeness (QED) is 0.243. The summed E-state index contributed by atoms with van der Waals surface area (Å²) in [5, 5.41) is 0. The van der Waals surface area contributed by atoms with Crippen molar-refractivity contribution in [1.82, 2.24) is 0 Å². The van der Waals surface area contributed by atoms with E-state index in [-0.39, 0.29) is 0 Å². The van der Waals surface area contributed by atoms with Crippen LogP contribution in [-0.2, 0) is 0 Å². The third-order valence-corrected chi connectivity index (χ3v) is 16.4. The van der Waals surface area contributed by atoms with E-state index in [2.05, 4.69) is 6.42 Å². The Morgan fingerprint density at radius 2 is 0.767 bits per heavy atom. The van der Waals surface area contributed by atoms with Crippen molar-refractivity contribution in [3.05, 3.63) is 6.42 Å². The van der Waals surface area contributed by atoms with Crippen molar-refractivity contribution in [2.75, 3.05) is 12.3 Å². The molecule has 0 saturated heterocycles. The van der Waals surface area contributed by atoms with E-state index in [0.717, 1.165) is 22.6 Å². The fourth-order valence-electron chi connectivity index (χ4n) is 7.39. The summed E-state index contributed by atoms with van der Waals surface area (Å²) >= 11 is 0. The minimum atomic E-state index is 0.295. The van der Waals surface area contributed by atoms with Crippen LogP contribution in [0.25, 0.3) is 0 Å². The van der Waals surface area contributed by atoms with Gasteiger partial charge in [-0.15, -0.1) is 15.8 Å². The second-order valence-corrected chi connectivity index (χ2v) is 17.0. The summed E-state index contributed by atoms with van der Waals surface area (Å²) in [6, 6.07) is 0. The maximum Gasteiger partial charge on any atom is -0.0207 e. The predicted octanol–water partition coefficient (Wildman–Crippen LogP) is 9.88. The molecule has 1 radical (unpaired) electrons. The van der Waals surface area contributed by atoms with Crippen LogP contribution >= 0.6 is 15.8 Å². The molecule has 0 N–H and O–H groups in total. The lowest BCUT2D eigenvalue weighted by Gasteiger charge is -2.40. The van der Waals surface area contributed by atoms with Gasteiger partial charge in [-0.3, -0.25) is 0 Å². The van der Waals surface area contributed by atoms with Gasteiger partial charge in [0, 0.05) is 0 Å². The van der Waals surface area contributed by atoms with Crippen molar-refractivity contribution in [2.45, 2.75) is 157 Å². The molecule has 0 aromatic carbocycles. The number of hydrogen-bond donors (Lipinski definition) is 0. The lowest BCUT2D eigenvalue weighted by molar-refractivity contribution is 0.483. The molecule has 0 bridgehead atoms. The molecule has 2 heteroatoms. The first-order chi connectivity index (χ1) is 14.9. The first-order valence-corrected chi connectivity index (χ1v) is 17.6. The molecule has 0 nitrogen and oxygen atoms in total. The first kappa shape index (κ1) is 24.0. The molecule has 0 aromatic heterocycles. The smallest absolute Gasteiger partial charge is 0.0207 e. The van der Waals surface area contributed by atoms with Crippen molar-refractivity contribution >= 4 is 15.8 Å². The molecule has 4 saturated carbocycles. The van der Waals surface area contributed by atoms with E-state index >= 15 is 0 Å². The van der Waals surface area contributed by atoms with Gasteiger partial charge in [0.15, 0.2) is 0 Å². The Labute approximate surface area is 192 Å². The SMILES string of the molecule is [CH](CCP(C1CCCCC1)C1CCCCC1)CP(C1CCCCC1)C1CCCCC1. The molecule has 4 rings (SSSR count). The highest BCUT2D eigenvalue weighted by Gasteiger charge is 2.32. The molecule has 0 heterocycles.